The first-order valence-corrected chi connectivity index (χ1v) is 10.7. The maximum atomic E-state index is 9.99. The van der Waals surface area contributed by atoms with Crippen LogP contribution in [0.5, 0.6) is 0 Å². The van der Waals surface area contributed by atoms with Crippen LogP contribution in [0.25, 0.3) is 28.0 Å². The Bertz CT molecular complexity index is 1180. The van der Waals surface area contributed by atoms with Crippen molar-refractivity contribution in [3.63, 3.8) is 0 Å². The number of benzene rings is 1. The Balaban J connectivity index is 1.39. The SMILES string of the molecule is CC(C)(O)Cn1cc(-c2ccc(-n3nnc4cnc(NC5CCCC5)nc43)cc2)cn1. The Hall–Kier alpha value is -3.33. The normalized spacial score (nSPS) is 15.1. The molecule has 5 rings (SSSR count). The third kappa shape index (κ3) is 4.27. The Morgan fingerprint density at radius 1 is 1.10 bits per heavy atom. The molecule has 1 saturated carbocycles. The van der Waals surface area contributed by atoms with Gasteiger partial charge in [-0.3, -0.25) is 4.68 Å². The van der Waals surface area contributed by atoms with Crippen LogP contribution in [0.1, 0.15) is 39.5 Å². The van der Waals surface area contributed by atoms with Crippen LogP contribution < -0.4 is 5.32 Å². The zero-order chi connectivity index (χ0) is 21.4. The minimum Gasteiger partial charge on any atom is -0.389 e. The highest BCUT2D eigenvalue weighted by molar-refractivity contribution is 5.72. The summed E-state index contributed by atoms with van der Waals surface area (Å²) in [6, 6.07) is 8.46. The molecular weight excluding hydrogens is 392 g/mol. The van der Waals surface area contributed by atoms with E-state index in [2.05, 4.69) is 30.7 Å². The summed E-state index contributed by atoms with van der Waals surface area (Å²) in [5, 5.41) is 26.3. The van der Waals surface area contributed by atoms with Crippen LogP contribution >= 0.6 is 0 Å². The molecule has 0 saturated heterocycles. The summed E-state index contributed by atoms with van der Waals surface area (Å²) in [4.78, 5) is 9.07. The van der Waals surface area contributed by atoms with Gasteiger partial charge in [-0.25, -0.2) is 4.98 Å². The minimum absolute atomic E-state index is 0.437. The van der Waals surface area contributed by atoms with Crippen molar-refractivity contribution < 1.29 is 5.11 Å². The summed E-state index contributed by atoms with van der Waals surface area (Å²) in [5.74, 6) is 0.624. The number of aromatic nitrogens is 7. The molecule has 0 radical (unpaired) electrons. The average Bonchev–Trinajstić information content (AvgIpc) is 3.48. The highest BCUT2D eigenvalue weighted by atomic mass is 16.3. The van der Waals surface area contributed by atoms with Crippen LogP contribution in [0.3, 0.4) is 0 Å². The van der Waals surface area contributed by atoms with Gasteiger partial charge in [-0.15, -0.1) is 5.10 Å². The van der Waals surface area contributed by atoms with E-state index in [4.69, 9.17) is 0 Å². The van der Waals surface area contributed by atoms with Gasteiger partial charge in [0.05, 0.1) is 30.2 Å². The van der Waals surface area contributed by atoms with Crippen molar-refractivity contribution in [2.75, 3.05) is 5.32 Å². The molecule has 31 heavy (non-hydrogen) atoms. The first-order chi connectivity index (χ1) is 14.9. The van der Waals surface area contributed by atoms with Crippen molar-refractivity contribution in [3.05, 3.63) is 42.9 Å². The van der Waals surface area contributed by atoms with Gasteiger partial charge in [-0.2, -0.15) is 14.8 Å². The summed E-state index contributed by atoms with van der Waals surface area (Å²) >= 11 is 0. The summed E-state index contributed by atoms with van der Waals surface area (Å²) in [7, 11) is 0. The van der Waals surface area contributed by atoms with Crippen LogP contribution in [0.4, 0.5) is 5.95 Å². The molecule has 0 unspecified atom stereocenters. The molecule has 2 N–H and O–H groups in total. The summed E-state index contributed by atoms with van der Waals surface area (Å²) < 4.78 is 3.49. The predicted octanol–water partition coefficient (Wildman–Crippen LogP) is 3.20. The van der Waals surface area contributed by atoms with Gasteiger partial charge >= 0.3 is 0 Å². The largest absolute Gasteiger partial charge is 0.389 e. The molecule has 3 heterocycles. The number of aliphatic hydroxyl groups is 1. The fraction of sp³-hybridized carbons (Fsp3) is 0.409. The molecule has 0 atom stereocenters. The second kappa shape index (κ2) is 7.73. The number of hydrogen-bond donors (Lipinski definition) is 2. The fourth-order valence-electron chi connectivity index (χ4n) is 4.01. The highest BCUT2D eigenvalue weighted by Gasteiger charge is 2.17. The molecule has 9 heteroatoms. The number of rotatable bonds is 6. The van der Waals surface area contributed by atoms with Crippen molar-refractivity contribution in [1.82, 2.24) is 34.7 Å². The molecule has 9 nitrogen and oxygen atoms in total. The molecule has 1 aliphatic rings. The molecule has 1 aliphatic carbocycles. The van der Waals surface area contributed by atoms with Crippen molar-refractivity contribution in [2.45, 2.75) is 57.7 Å². The van der Waals surface area contributed by atoms with Crippen LogP contribution in [0.2, 0.25) is 0 Å². The lowest BCUT2D eigenvalue weighted by molar-refractivity contribution is 0.0577. The Kier molecular flexibility index (Phi) is 4.90. The Morgan fingerprint density at radius 2 is 1.87 bits per heavy atom. The number of fused-ring (bicyclic) bond motifs is 1. The maximum Gasteiger partial charge on any atom is 0.225 e. The highest BCUT2D eigenvalue weighted by Crippen LogP contribution is 2.24. The van der Waals surface area contributed by atoms with E-state index in [-0.39, 0.29) is 0 Å². The van der Waals surface area contributed by atoms with Crippen molar-refractivity contribution in [2.24, 2.45) is 0 Å². The third-order valence-corrected chi connectivity index (χ3v) is 5.51. The smallest absolute Gasteiger partial charge is 0.225 e. The van der Waals surface area contributed by atoms with E-state index in [1.54, 1.807) is 35.6 Å². The molecule has 1 aromatic carbocycles. The van der Waals surface area contributed by atoms with E-state index >= 15 is 0 Å². The van der Waals surface area contributed by atoms with Gasteiger partial charge in [-0.05, 0) is 44.4 Å². The molecule has 0 bridgehead atoms. The van der Waals surface area contributed by atoms with Crippen molar-refractivity contribution in [3.8, 4) is 16.8 Å². The maximum absolute atomic E-state index is 9.99. The molecule has 0 amide bonds. The Labute approximate surface area is 180 Å². The van der Waals surface area contributed by atoms with E-state index < -0.39 is 5.60 Å². The minimum atomic E-state index is -0.811. The van der Waals surface area contributed by atoms with Gasteiger partial charge < -0.3 is 10.4 Å². The van der Waals surface area contributed by atoms with Crippen LogP contribution in [-0.2, 0) is 6.54 Å². The van der Waals surface area contributed by atoms with E-state index in [0.717, 1.165) is 29.7 Å². The summed E-state index contributed by atoms with van der Waals surface area (Å²) in [6.07, 6.45) is 10.3. The van der Waals surface area contributed by atoms with E-state index in [9.17, 15) is 5.11 Å². The number of nitrogens with one attached hydrogen (secondary N) is 1. The lowest BCUT2D eigenvalue weighted by Gasteiger charge is -2.16. The molecule has 0 aliphatic heterocycles. The van der Waals surface area contributed by atoms with Crippen molar-refractivity contribution in [1.29, 1.82) is 0 Å². The topological polar surface area (TPSA) is 107 Å². The second-order valence-corrected chi connectivity index (χ2v) is 8.82. The summed E-state index contributed by atoms with van der Waals surface area (Å²) in [6.45, 7) is 3.97. The number of nitrogens with zero attached hydrogens (tertiary/aromatic N) is 7. The zero-order valence-corrected chi connectivity index (χ0v) is 17.7. The molecule has 160 valence electrons. The number of anilines is 1. The molecule has 3 aromatic heterocycles. The van der Waals surface area contributed by atoms with Gasteiger partial charge in [0.15, 0.2) is 11.2 Å². The second-order valence-electron chi connectivity index (χ2n) is 8.82. The predicted molar refractivity (Wildman–Crippen MR) is 118 cm³/mol. The van der Waals surface area contributed by atoms with Gasteiger partial charge in [-0.1, -0.05) is 30.2 Å². The average molecular weight is 419 g/mol. The first-order valence-electron chi connectivity index (χ1n) is 10.7. The van der Waals surface area contributed by atoms with Crippen LogP contribution in [0, 0.1) is 0 Å². The van der Waals surface area contributed by atoms with E-state index in [0.29, 0.717) is 29.7 Å². The van der Waals surface area contributed by atoms with Crippen LogP contribution in [0.15, 0.2) is 42.9 Å². The summed E-state index contributed by atoms with van der Waals surface area (Å²) in [5.41, 5.74) is 3.43. The Morgan fingerprint density at radius 3 is 2.61 bits per heavy atom. The fourth-order valence-corrected chi connectivity index (χ4v) is 4.01. The zero-order valence-electron chi connectivity index (χ0n) is 17.7. The van der Waals surface area contributed by atoms with Gasteiger partial charge in [0.1, 0.15) is 0 Å². The lowest BCUT2D eigenvalue weighted by atomic mass is 10.1. The monoisotopic (exact) mass is 418 g/mol. The van der Waals surface area contributed by atoms with Gasteiger partial charge in [0, 0.05) is 17.8 Å². The van der Waals surface area contributed by atoms with Gasteiger partial charge in [0.2, 0.25) is 5.95 Å². The molecular formula is C22H26N8O. The number of hydrogen-bond acceptors (Lipinski definition) is 7. The van der Waals surface area contributed by atoms with Crippen molar-refractivity contribution >= 4 is 17.1 Å². The van der Waals surface area contributed by atoms with E-state index in [1.165, 1.54) is 12.8 Å². The first kappa shape index (κ1) is 19.6. The molecule has 0 spiro atoms. The molecule has 4 aromatic rings. The third-order valence-electron chi connectivity index (χ3n) is 5.51. The molecule has 1 fully saturated rings. The van der Waals surface area contributed by atoms with Crippen LogP contribution in [-0.4, -0.2) is 51.5 Å². The quantitative estimate of drug-likeness (QED) is 0.495. The standard InChI is InChI=1S/C22H26N8O/c1-22(2,31)14-29-13-16(11-24-29)15-7-9-18(10-8-15)30-20-19(27-28-30)12-23-21(26-20)25-17-5-3-4-6-17/h7-13,17,31H,3-6,14H2,1-2H3,(H,23,25,26). The lowest BCUT2D eigenvalue weighted by Crippen LogP contribution is -2.26. The van der Waals surface area contributed by atoms with E-state index in [1.807, 2.05) is 30.5 Å². The van der Waals surface area contributed by atoms with Gasteiger partial charge in [0.25, 0.3) is 0 Å².